The van der Waals surface area contributed by atoms with Crippen LogP contribution in [-0.4, -0.2) is 101 Å². The molecule has 3 atom stereocenters. The molecule has 0 saturated carbocycles. The summed E-state index contributed by atoms with van der Waals surface area (Å²) in [6, 6.07) is 4.43. The van der Waals surface area contributed by atoms with E-state index in [-0.39, 0.29) is 18.2 Å². The van der Waals surface area contributed by atoms with Crippen LogP contribution >= 0.6 is 0 Å². The summed E-state index contributed by atoms with van der Waals surface area (Å²) in [5.41, 5.74) is 1.20. The molecule has 0 spiro atoms. The minimum atomic E-state index is -5.08. The molecule has 2 aliphatic heterocycles. The monoisotopic (exact) mass is 532 g/mol. The number of carbonyl (C=O) groups excluding carboxylic acids is 1. The number of pyridine rings is 1. The molecule has 36 heavy (non-hydrogen) atoms. The number of aromatic nitrogens is 1. The SMILES string of the molecule is CN(C)C(=O)N[C@H]1CN(Cc2cccnc2)[C@@H]2CCCO[C@H]12.O=C(O)C(F)(F)F.O=C(O)C(F)(F)F. The summed E-state index contributed by atoms with van der Waals surface area (Å²) in [4.78, 5) is 37.9. The van der Waals surface area contributed by atoms with E-state index in [0.717, 1.165) is 32.5 Å². The molecule has 0 aromatic carbocycles. The molecule has 2 aliphatic rings. The number of ether oxygens (including phenoxy) is 1. The lowest BCUT2D eigenvalue weighted by Gasteiger charge is -2.32. The highest BCUT2D eigenvalue weighted by molar-refractivity contribution is 5.74. The molecule has 0 bridgehead atoms. The summed E-state index contributed by atoms with van der Waals surface area (Å²) in [7, 11) is 3.52. The molecule has 1 aromatic heterocycles. The lowest BCUT2D eigenvalue weighted by atomic mass is 10.0. The van der Waals surface area contributed by atoms with Gasteiger partial charge in [0.15, 0.2) is 0 Å². The van der Waals surface area contributed by atoms with Crippen molar-refractivity contribution in [2.45, 2.75) is 49.9 Å². The Labute approximate surface area is 201 Å². The van der Waals surface area contributed by atoms with Gasteiger partial charge in [-0.1, -0.05) is 6.07 Å². The van der Waals surface area contributed by atoms with Gasteiger partial charge in [-0.15, -0.1) is 0 Å². The molecule has 3 N–H and O–H groups in total. The van der Waals surface area contributed by atoms with E-state index < -0.39 is 24.3 Å². The van der Waals surface area contributed by atoms with Crippen LogP contribution in [0, 0.1) is 0 Å². The van der Waals surface area contributed by atoms with Gasteiger partial charge in [-0.25, -0.2) is 14.4 Å². The topological polar surface area (TPSA) is 132 Å². The van der Waals surface area contributed by atoms with Crippen molar-refractivity contribution in [2.24, 2.45) is 0 Å². The largest absolute Gasteiger partial charge is 0.490 e. The Bertz CT molecular complexity index is 844. The van der Waals surface area contributed by atoms with E-state index in [1.165, 1.54) is 5.56 Å². The predicted octanol–water partition coefficient (Wildman–Crippen LogP) is 2.35. The lowest BCUT2D eigenvalue weighted by molar-refractivity contribution is -0.193. The maximum absolute atomic E-state index is 12.0. The molecule has 10 nitrogen and oxygen atoms in total. The first-order valence-electron chi connectivity index (χ1n) is 10.4. The van der Waals surface area contributed by atoms with Crippen LogP contribution in [0.4, 0.5) is 31.1 Å². The summed E-state index contributed by atoms with van der Waals surface area (Å²) in [5.74, 6) is -5.51. The van der Waals surface area contributed by atoms with Gasteiger partial charge in [0, 0.05) is 52.2 Å². The zero-order valence-corrected chi connectivity index (χ0v) is 19.2. The maximum Gasteiger partial charge on any atom is 0.490 e. The maximum atomic E-state index is 12.0. The Morgan fingerprint density at radius 2 is 1.69 bits per heavy atom. The number of carboxylic acids is 2. The van der Waals surface area contributed by atoms with E-state index in [4.69, 9.17) is 24.5 Å². The molecule has 2 amide bonds. The number of alkyl halides is 6. The Morgan fingerprint density at radius 3 is 2.14 bits per heavy atom. The normalized spacial score (nSPS) is 21.6. The fraction of sp³-hybridized carbons (Fsp3) is 0.600. The second-order valence-electron chi connectivity index (χ2n) is 7.89. The summed E-state index contributed by atoms with van der Waals surface area (Å²) in [5, 5.41) is 17.3. The summed E-state index contributed by atoms with van der Waals surface area (Å²) in [6.07, 6.45) is -4.17. The van der Waals surface area contributed by atoms with E-state index >= 15 is 0 Å². The number of amides is 2. The molecular weight excluding hydrogens is 506 g/mol. The molecule has 0 radical (unpaired) electrons. The van der Waals surface area contributed by atoms with Gasteiger partial charge in [0.1, 0.15) is 0 Å². The molecule has 2 saturated heterocycles. The van der Waals surface area contributed by atoms with Gasteiger partial charge in [0.25, 0.3) is 0 Å². The average Bonchev–Trinajstić information content (AvgIpc) is 3.11. The van der Waals surface area contributed by atoms with Crippen LogP contribution in [0.3, 0.4) is 0 Å². The molecule has 1 aromatic rings. The number of urea groups is 1. The number of nitrogens with one attached hydrogen (secondary N) is 1. The molecule has 0 aliphatic carbocycles. The third-order valence-corrected chi connectivity index (χ3v) is 4.94. The van der Waals surface area contributed by atoms with E-state index in [9.17, 15) is 31.1 Å². The van der Waals surface area contributed by atoms with Crippen LogP contribution in [0.5, 0.6) is 0 Å². The fourth-order valence-electron chi connectivity index (χ4n) is 3.38. The van der Waals surface area contributed by atoms with Crippen molar-refractivity contribution in [2.75, 3.05) is 27.2 Å². The van der Waals surface area contributed by atoms with Crippen molar-refractivity contribution >= 4 is 18.0 Å². The van der Waals surface area contributed by atoms with Gasteiger partial charge in [-0.3, -0.25) is 9.88 Å². The second-order valence-corrected chi connectivity index (χ2v) is 7.89. The van der Waals surface area contributed by atoms with Gasteiger partial charge in [-0.05, 0) is 24.5 Å². The van der Waals surface area contributed by atoms with Crippen molar-refractivity contribution in [3.8, 4) is 0 Å². The van der Waals surface area contributed by atoms with E-state index in [1.807, 2.05) is 12.3 Å². The Balaban J connectivity index is 0.000000383. The standard InChI is InChI=1S/C16H24N4O2.2C2HF3O2/c1-19(2)16(21)18-13-11-20(10-12-5-3-7-17-9-12)14-6-4-8-22-15(13)14;2*3-2(4,5)1(6)7/h3,5,7,9,13-15H,4,6,8,10-11H2,1-2H3,(H,18,21);2*(H,6,7)/t13-,14+,15+;;/m0../s1. The van der Waals surface area contributed by atoms with E-state index in [0.29, 0.717) is 6.04 Å². The number of fused-ring (bicyclic) bond motifs is 1. The first-order valence-corrected chi connectivity index (χ1v) is 10.4. The second kappa shape index (κ2) is 13.2. The average molecular weight is 532 g/mol. The number of hydrogen-bond donors (Lipinski definition) is 3. The van der Waals surface area contributed by atoms with Crippen LogP contribution in [0.2, 0.25) is 0 Å². The predicted molar refractivity (Wildman–Crippen MR) is 111 cm³/mol. The fourth-order valence-corrected chi connectivity index (χ4v) is 3.38. The van der Waals surface area contributed by atoms with Gasteiger partial charge >= 0.3 is 30.3 Å². The van der Waals surface area contributed by atoms with Crippen molar-refractivity contribution in [1.29, 1.82) is 0 Å². The van der Waals surface area contributed by atoms with Crippen molar-refractivity contribution in [3.63, 3.8) is 0 Å². The molecular formula is C20H26F6N4O6. The third-order valence-electron chi connectivity index (χ3n) is 4.94. The highest BCUT2D eigenvalue weighted by atomic mass is 19.4. The zero-order chi connectivity index (χ0) is 27.7. The first kappa shape index (κ1) is 30.9. The number of hydrogen-bond acceptors (Lipinski definition) is 6. The highest BCUT2D eigenvalue weighted by Gasteiger charge is 2.44. The molecule has 3 heterocycles. The van der Waals surface area contributed by atoms with E-state index in [2.05, 4.69) is 21.3 Å². The number of likely N-dealkylation sites (tertiary alicyclic amines) is 1. The minimum Gasteiger partial charge on any atom is -0.475 e. The quantitative estimate of drug-likeness (QED) is 0.506. The van der Waals surface area contributed by atoms with Gasteiger partial charge in [-0.2, -0.15) is 26.3 Å². The number of halogens is 6. The van der Waals surface area contributed by atoms with Gasteiger partial charge in [0.05, 0.1) is 12.1 Å². The van der Waals surface area contributed by atoms with Gasteiger partial charge in [0.2, 0.25) is 0 Å². The lowest BCUT2D eigenvalue weighted by Crippen LogP contribution is -2.50. The van der Waals surface area contributed by atoms with Crippen LogP contribution in [0.1, 0.15) is 18.4 Å². The molecule has 0 unspecified atom stereocenters. The van der Waals surface area contributed by atoms with Crippen LogP contribution in [-0.2, 0) is 20.9 Å². The number of aliphatic carboxylic acids is 2. The summed E-state index contributed by atoms with van der Waals surface area (Å²) < 4.78 is 69.4. The number of rotatable bonds is 3. The van der Waals surface area contributed by atoms with Crippen LogP contribution < -0.4 is 5.32 Å². The molecule has 2 fully saturated rings. The van der Waals surface area contributed by atoms with Crippen molar-refractivity contribution in [3.05, 3.63) is 30.1 Å². The van der Waals surface area contributed by atoms with E-state index in [1.54, 1.807) is 25.2 Å². The third kappa shape index (κ3) is 10.2. The van der Waals surface area contributed by atoms with Crippen molar-refractivity contribution < 1.29 is 55.7 Å². The Hall–Kier alpha value is -3.14. The van der Waals surface area contributed by atoms with Crippen LogP contribution in [0.15, 0.2) is 24.5 Å². The Kier molecular flexibility index (Phi) is 11.4. The summed E-state index contributed by atoms with van der Waals surface area (Å²) >= 11 is 0. The Morgan fingerprint density at radius 1 is 1.14 bits per heavy atom. The number of carbonyl (C=O) groups is 3. The van der Waals surface area contributed by atoms with Gasteiger partial charge < -0.3 is 25.2 Å². The number of carboxylic acid groups (broad SMARTS) is 2. The summed E-state index contributed by atoms with van der Waals surface area (Å²) in [6.45, 7) is 2.47. The smallest absolute Gasteiger partial charge is 0.475 e. The number of nitrogens with zero attached hydrogens (tertiary/aromatic N) is 3. The first-order chi connectivity index (χ1) is 16.5. The minimum absolute atomic E-state index is 0.0527. The molecule has 16 heteroatoms. The highest BCUT2D eigenvalue weighted by Crippen LogP contribution is 2.30. The van der Waals surface area contributed by atoms with Crippen molar-refractivity contribution in [1.82, 2.24) is 20.1 Å². The molecule has 3 rings (SSSR count). The zero-order valence-electron chi connectivity index (χ0n) is 19.2. The van der Waals surface area contributed by atoms with Crippen LogP contribution in [0.25, 0.3) is 0 Å². The molecule has 204 valence electrons.